The molecule has 0 aliphatic carbocycles. The summed E-state index contributed by atoms with van der Waals surface area (Å²) in [7, 11) is 0. The van der Waals surface area contributed by atoms with Crippen molar-refractivity contribution < 1.29 is 0 Å². The predicted molar refractivity (Wildman–Crippen MR) is 52.8 cm³/mol. The molecule has 3 N–H and O–H groups in total. The molecule has 1 rings (SSSR count). The maximum atomic E-state index is 6.03. The third-order valence-electron chi connectivity index (χ3n) is 3.02. The van der Waals surface area contributed by atoms with Crippen molar-refractivity contribution >= 4 is 0 Å². The zero-order valence-electron chi connectivity index (χ0n) is 8.56. The molecular formula is C10H22N2. The average Bonchev–Trinajstić information content (AvgIpc) is 2.10. The highest BCUT2D eigenvalue weighted by Crippen LogP contribution is 2.25. The molecule has 0 aromatic carbocycles. The second-order valence-electron chi connectivity index (χ2n) is 4.68. The molecule has 0 amide bonds. The van der Waals surface area contributed by atoms with Crippen LogP contribution in [0, 0.1) is 11.8 Å². The van der Waals surface area contributed by atoms with Crippen LogP contribution in [0.1, 0.15) is 40.0 Å². The standard InChI is InChI=1S/C10H22N2/c1-8(2)9-4-6-10(3,11)12-7-5-9/h8-9,12H,4-7,11H2,1-3H3. The van der Waals surface area contributed by atoms with Gasteiger partial charge in [0.05, 0.1) is 5.66 Å². The number of hydrogen-bond acceptors (Lipinski definition) is 2. The molecule has 2 unspecified atom stereocenters. The van der Waals surface area contributed by atoms with Crippen molar-refractivity contribution in [2.24, 2.45) is 17.6 Å². The molecule has 2 atom stereocenters. The average molecular weight is 170 g/mol. The van der Waals surface area contributed by atoms with Gasteiger partial charge in [-0.3, -0.25) is 5.32 Å². The van der Waals surface area contributed by atoms with Gasteiger partial charge in [0.2, 0.25) is 0 Å². The van der Waals surface area contributed by atoms with E-state index in [1.54, 1.807) is 0 Å². The van der Waals surface area contributed by atoms with Gasteiger partial charge in [-0.25, -0.2) is 0 Å². The molecule has 0 spiro atoms. The first-order chi connectivity index (χ1) is 5.51. The lowest BCUT2D eigenvalue weighted by atomic mass is 9.88. The van der Waals surface area contributed by atoms with E-state index in [-0.39, 0.29) is 5.66 Å². The van der Waals surface area contributed by atoms with Crippen LogP contribution in [-0.2, 0) is 0 Å². The summed E-state index contributed by atoms with van der Waals surface area (Å²) in [5.74, 6) is 1.67. The lowest BCUT2D eigenvalue weighted by Gasteiger charge is -2.23. The highest BCUT2D eigenvalue weighted by atomic mass is 15.1. The van der Waals surface area contributed by atoms with Crippen molar-refractivity contribution in [3.63, 3.8) is 0 Å². The number of nitrogens with two attached hydrogens (primary N) is 1. The molecule has 0 saturated carbocycles. The van der Waals surface area contributed by atoms with Crippen LogP contribution in [0.2, 0.25) is 0 Å². The topological polar surface area (TPSA) is 38.0 Å². The van der Waals surface area contributed by atoms with Gasteiger partial charge >= 0.3 is 0 Å². The Bertz CT molecular complexity index is 141. The molecule has 0 radical (unpaired) electrons. The molecule has 2 nitrogen and oxygen atoms in total. The van der Waals surface area contributed by atoms with Crippen LogP contribution in [-0.4, -0.2) is 12.2 Å². The van der Waals surface area contributed by atoms with Gasteiger partial charge in [0.1, 0.15) is 0 Å². The normalized spacial score (nSPS) is 38.2. The van der Waals surface area contributed by atoms with Crippen LogP contribution in [0.3, 0.4) is 0 Å². The molecule has 0 aromatic rings. The van der Waals surface area contributed by atoms with E-state index < -0.39 is 0 Å². The third kappa shape index (κ3) is 2.76. The third-order valence-corrected chi connectivity index (χ3v) is 3.02. The first-order valence-electron chi connectivity index (χ1n) is 5.05. The molecule has 12 heavy (non-hydrogen) atoms. The van der Waals surface area contributed by atoms with Crippen molar-refractivity contribution in [3.05, 3.63) is 0 Å². The fraction of sp³-hybridized carbons (Fsp3) is 1.00. The van der Waals surface area contributed by atoms with Gasteiger partial charge in [0.25, 0.3) is 0 Å². The first kappa shape index (κ1) is 10.0. The first-order valence-corrected chi connectivity index (χ1v) is 5.05. The van der Waals surface area contributed by atoms with Crippen LogP contribution in [0.4, 0.5) is 0 Å². The Kier molecular flexibility index (Phi) is 3.13. The van der Waals surface area contributed by atoms with Crippen molar-refractivity contribution in [1.82, 2.24) is 5.32 Å². The van der Waals surface area contributed by atoms with E-state index in [9.17, 15) is 0 Å². The van der Waals surface area contributed by atoms with Gasteiger partial charge < -0.3 is 5.73 Å². The fourth-order valence-corrected chi connectivity index (χ4v) is 1.93. The number of rotatable bonds is 1. The molecular weight excluding hydrogens is 148 g/mol. The van der Waals surface area contributed by atoms with Crippen LogP contribution >= 0.6 is 0 Å². The molecule has 1 aliphatic heterocycles. The molecule has 72 valence electrons. The van der Waals surface area contributed by atoms with E-state index in [4.69, 9.17) is 5.73 Å². The van der Waals surface area contributed by atoms with E-state index >= 15 is 0 Å². The Hall–Kier alpha value is -0.0800. The molecule has 1 saturated heterocycles. The largest absolute Gasteiger partial charge is 0.314 e. The molecule has 0 aromatic heterocycles. The Labute approximate surface area is 75.9 Å². The van der Waals surface area contributed by atoms with Crippen molar-refractivity contribution in [1.29, 1.82) is 0 Å². The minimum absolute atomic E-state index is 0.121. The summed E-state index contributed by atoms with van der Waals surface area (Å²) in [4.78, 5) is 0. The van der Waals surface area contributed by atoms with E-state index in [1.807, 2.05) is 0 Å². The van der Waals surface area contributed by atoms with Gasteiger partial charge in [0.15, 0.2) is 0 Å². The lowest BCUT2D eigenvalue weighted by Crippen LogP contribution is -2.49. The highest BCUT2D eigenvalue weighted by Gasteiger charge is 2.25. The summed E-state index contributed by atoms with van der Waals surface area (Å²) in [6, 6.07) is 0. The summed E-state index contributed by atoms with van der Waals surface area (Å²) >= 11 is 0. The maximum Gasteiger partial charge on any atom is 0.0632 e. The van der Waals surface area contributed by atoms with E-state index in [2.05, 4.69) is 26.1 Å². The van der Waals surface area contributed by atoms with Gasteiger partial charge in [0, 0.05) is 0 Å². The van der Waals surface area contributed by atoms with Gasteiger partial charge in [-0.15, -0.1) is 0 Å². The number of nitrogens with one attached hydrogen (secondary N) is 1. The zero-order valence-corrected chi connectivity index (χ0v) is 8.56. The highest BCUT2D eigenvalue weighted by molar-refractivity contribution is 4.82. The van der Waals surface area contributed by atoms with Crippen LogP contribution in [0.5, 0.6) is 0 Å². The molecule has 1 fully saturated rings. The van der Waals surface area contributed by atoms with Gasteiger partial charge in [-0.2, -0.15) is 0 Å². The second-order valence-corrected chi connectivity index (χ2v) is 4.68. The lowest BCUT2D eigenvalue weighted by molar-refractivity contribution is 0.325. The Morgan fingerprint density at radius 1 is 1.42 bits per heavy atom. The smallest absolute Gasteiger partial charge is 0.0632 e. The molecule has 2 heteroatoms. The van der Waals surface area contributed by atoms with E-state index in [0.717, 1.165) is 24.8 Å². The Morgan fingerprint density at radius 3 is 2.67 bits per heavy atom. The monoisotopic (exact) mass is 170 g/mol. The van der Waals surface area contributed by atoms with Crippen molar-refractivity contribution in [3.8, 4) is 0 Å². The fourth-order valence-electron chi connectivity index (χ4n) is 1.93. The summed E-state index contributed by atoms with van der Waals surface area (Å²) in [6.45, 7) is 7.79. The summed E-state index contributed by atoms with van der Waals surface area (Å²) in [6.07, 6.45) is 3.66. The summed E-state index contributed by atoms with van der Waals surface area (Å²) in [5.41, 5.74) is 5.91. The van der Waals surface area contributed by atoms with Crippen molar-refractivity contribution in [2.75, 3.05) is 6.54 Å². The van der Waals surface area contributed by atoms with E-state index in [0.29, 0.717) is 0 Å². The van der Waals surface area contributed by atoms with E-state index in [1.165, 1.54) is 12.8 Å². The maximum absolute atomic E-state index is 6.03. The van der Waals surface area contributed by atoms with Crippen molar-refractivity contribution in [2.45, 2.75) is 45.7 Å². The number of hydrogen-bond donors (Lipinski definition) is 2. The molecule has 1 aliphatic rings. The quantitative estimate of drug-likeness (QED) is 0.628. The Morgan fingerprint density at radius 2 is 2.08 bits per heavy atom. The van der Waals surface area contributed by atoms with Crippen LogP contribution in [0.15, 0.2) is 0 Å². The van der Waals surface area contributed by atoms with Gasteiger partial charge in [-0.1, -0.05) is 13.8 Å². The minimum atomic E-state index is -0.121. The minimum Gasteiger partial charge on any atom is -0.314 e. The zero-order chi connectivity index (χ0) is 9.19. The SMILES string of the molecule is CC(C)C1CCNC(C)(N)CC1. The summed E-state index contributed by atoms with van der Waals surface area (Å²) < 4.78 is 0. The summed E-state index contributed by atoms with van der Waals surface area (Å²) in [5, 5.41) is 3.38. The van der Waals surface area contributed by atoms with Gasteiger partial charge in [-0.05, 0) is 44.6 Å². The molecule has 0 bridgehead atoms. The second kappa shape index (κ2) is 3.75. The molecule has 1 heterocycles. The van der Waals surface area contributed by atoms with Crippen LogP contribution < -0.4 is 11.1 Å². The van der Waals surface area contributed by atoms with Crippen LogP contribution in [0.25, 0.3) is 0 Å². The Balaban J connectivity index is 2.45. The predicted octanol–water partition coefficient (Wildman–Crippen LogP) is 1.71.